The van der Waals surface area contributed by atoms with Gasteiger partial charge in [-0.25, -0.2) is 9.97 Å². The van der Waals surface area contributed by atoms with E-state index >= 15 is 0 Å². The van der Waals surface area contributed by atoms with E-state index in [1.807, 2.05) is 27.1 Å². The highest BCUT2D eigenvalue weighted by Crippen LogP contribution is 2.29. The molecule has 0 aliphatic carbocycles. The third-order valence-electron chi connectivity index (χ3n) is 4.44. The van der Waals surface area contributed by atoms with Crippen molar-refractivity contribution in [2.75, 3.05) is 43.9 Å². The molecule has 0 atom stereocenters. The molecule has 0 spiro atoms. The highest BCUT2D eigenvalue weighted by atomic mass is 19.4. The van der Waals surface area contributed by atoms with Gasteiger partial charge in [-0.05, 0) is 50.7 Å². The number of ether oxygens (including phenoxy) is 1. The number of alkyl halides is 3. The predicted molar refractivity (Wildman–Crippen MR) is 102 cm³/mol. The monoisotopic (exact) mass is 395 g/mol. The van der Waals surface area contributed by atoms with Gasteiger partial charge < -0.3 is 19.9 Å². The number of likely N-dealkylation sites (N-methyl/N-ethyl adjacent to an activating group) is 1. The number of nitrogens with one attached hydrogen (secondary N) is 1. The van der Waals surface area contributed by atoms with Crippen LogP contribution in [0.5, 0.6) is 5.75 Å². The Morgan fingerprint density at radius 1 is 1.18 bits per heavy atom. The van der Waals surface area contributed by atoms with E-state index in [1.54, 1.807) is 6.07 Å². The normalized spacial score (nSPS) is 14.2. The molecular formula is C19H24F3N5O. The quantitative estimate of drug-likeness (QED) is 0.811. The molecule has 28 heavy (non-hydrogen) atoms. The number of fused-ring (bicyclic) bond motifs is 1. The van der Waals surface area contributed by atoms with Crippen LogP contribution in [0.1, 0.15) is 17.0 Å². The SMILES string of the molecule is Cc1nc(NCCN(C)C)cc(N2CCc3cc(OC(F)(F)F)ccc3C2)n1. The van der Waals surface area contributed by atoms with Gasteiger partial charge in [-0.15, -0.1) is 13.2 Å². The summed E-state index contributed by atoms with van der Waals surface area (Å²) in [5.41, 5.74) is 1.84. The highest BCUT2D eigenvalue weighted by Gasteiger charge is 2.31. The highest BCUT2D eigenvalue weighted by molar-refractivity contribution is 5.52. The van der Waals surface area contributed by atoms with Crippen molar-refractivity contribution in [1.82, 2.24) is 14.9 Å². The molecule has 1 aliphatic rings. The molecule has 0 saturated heterocycles. The summed E-state index contributed by atoms with van der Waals surface area (Å²) in [7, 11) is 4.02. The Hall–Kier alpha value is -2.55. The molecule has 2 aromatic rings. The van der Waals surface area contributed by atoms with E-state index in [0.717, 1.165) is 35.9 Å². The lowest BCUT2D eigenvalue weighted by atomic mass is 9.99. The van der Waals surface area contributed by atoms with E-state index in [-0.39, 0.29) is 5.75 Å². The molecule has 1 N–H and O–H groups in total. The van der Waals surface area contributed by atoms with Crippen molar-refractivity contribution in [1.29, 1.82) is 0 Å². The predicted octanol–water partition coefficient (Wildman–Crippen LogP) is 3.22. The zero-order valence-corrected chi connectivity index (χ0v) is 16.2. The molecule has 0 radical (unpaired) electrons. The molecule has 0 bridgehead atoms. The van der Waals surface area contributed by atoms with Gasteiger partial charge in [-0.1, -0.05) is 6.07 Å². The van der Waals surface area contributed by atoms with Crippen molar-refractivity contribution in [3.05, 3.63) is 41.2 Å². The lowest BCUT2D eigenvalue weighted by Gasteiger charge is -2.30. The maximum absolute atomic E-state index is 12.4. The number of nitrogens with zero attached hydrogens (tertiary/aromatic N) is 4. The number of halogens is 3. The standard InChI is InChI=1S/C19H24F3N5O/c1-13-24-17(23-7-9-26(2)3)11-18(25-13)27-8-6-14-10-16(28-19(20,21)22)5-4-15(14)12-27/h4-5,10-11H,6-9,12H2,1-3H3,(H,23,24,25). The third kappa shape index (κ3) is 5.48. The van der Waals surface area contributed by atoms with E-state index in [0.29, 0.717) is 25.3 Å². The van der Waals surface area contributed by atoms with Crippen molar-refractivity contribution in [3.8, 4) is 5.75 Å². The number of rotatable bonds is 6. The fourth-order valence-electron chi connectivity index (χ4n) is 3.13. The molecule has 0 amide bonds. The number of aryl methyl sites for hydroxylation is 1. The van der Waals surface area contributed by atoms with Gasteiger partial charge >= 0.3 is 6.36 Å². The summed E-state index contributed by atoms with van der Waals surface area (Å²) in [5.74, 6) is 2.07. The maximum atomic E-state index is 12.4. The van der Waals surface area contributed by atoms with Crippen molar-refractivity contribution >= 4 is 11.6 Å². The molecule has 2 heterocycles. The summed E-state index contributed by atoms with van der Waals surface area (Å²) in [5, 5.41) is 3.30. The van der Waals surface area contributed by atoms with Crippen LogP contribution in [0.2, 0.25) is 0 Å². The summed E-state index contributed by atoms with van der Waals surface area (Å²) >= 11 is 0. The van der Waals surface area contributed by atoms with E-state index in [2.05, 4.69) is 29.8 Å². The van der Waals surface area contributed by atoms with Crippen LogP contribution in [0.4, 0.5) is 24.8 Å². The zero-order valence-electron chi connectivity index (χ0n) is 16.2. The van der Waals surface area contributed by atoms with E-state index in [1.165, 1.54) is 12.1 Å². The Morgan fingerprint density at radius 2 is 1.96 bits per heavy atom. The average Bonchev–Trinajstić information content (AvgIpc) is 2.59. The molecule has 3 rings (SSSR count). The van der Waals surface area contributed by atoms with Crippen LogP contribution >= 0.6 is 0 Å². The molecule has 6 nitrogen and oxygen atoms in total. The first kappa shape index (κ1) is 20.2. The van der Waals surface area contributed by atoms with Crippen LogP contribution in [0.15, 0.2) is 24.3 Å². The molecular weight excluding hydrogens is 371 g/mol. The third-order valence-corrected chi connectivity index (χ3v) is 4.44. The second-order valence-electron chi connectivity index (χ2n) is 7.04. The second kappa shape index (κ2) is 8.22. The Bertz CT molecular complexity index is 826. The summed E-state index contributed by atoms with van der Waals surface area (Å²) in [6, 6.07) is 6.43. The smallest absolute Gasteiger partial charge is 0.406 e. The van der Waals surface area contributed by atoms with Crippen molar-refractivity contribution < 1.29 is 17.9 Å². The fraction of sp³-hybridized carbons (Fsp3) is 0.474. The Morgan fingerprint density at radius 3 is 2.68 bits per heavy atom. The number of aromatic nitrogens is 2. The first-order chi connectivity index (χ1) is 13.2. The lowest BCUT2D eigenvalue weighted by molar-refractivity contribution is -0.274. The van der Waals surface area contributed by atoms with Crippen molar-refractivity contribution in [2.45, 2.75) is 26.3 Å². The van der Waals surface area contributed by atoms with E-state index in [4.69, 9.17) is 0 Å². The average molecular weight is 395 g/mol. The molecule has 1 aliphatic heterocycles. The van der Waals surface area contributed by atoms with Gasteiger partial charge in [0.2, 0.25) is 0 Å². The van der Waals surface area contributed by atoms with Gasteiger partial charge in [0.1, 0.15) is 23.2 Å². The Balaban J connectivity index is 1.72. The number of hydrogen-bond acceptors (Lipinski definition) is 6. The summed E-state index contributed by atoms with van der Waals surface area (Å²) < 4.78 is 41.3. The Labute approximate surface area is 162 Å². The molecule has 1 aromatic heterocycles. The molecule has 152 valence electrons. The largest absolute Gasteiger partial charge is 0.573 e. The number of hydrogen-bond donors (Lipinski definition) is 1. The topological polar surface area (TPSA) is 53.5 Å². The van der Waals surface area contributed by atoms with Gasteiger partial charge in [0, 0.05) is 32.2 Å². The Kier molecular flexibility index (Phi) is 5.93. The minimum Gasteiger partial charge on any atom is -0.406 e. The lowest BCUT2D eigenvalue weighted by Crippen LogP contribution is -2.31. The van der Waals surface area contributed by atoms with Gasteiger partial charge in [0.05, 0.1) is 0 Å². The minimum atomic E-state index is -4.68. The maximum Gasteiger partial charge on any atom is 0.573 e. The van der Waals surface area contributed by atoms with Gasteiger partial charge in [0.15, 0.2) is 0 Å². The van der Waals surface area contributed by atoms with E-state index in [9.17, 15) is 13.2 Å². The van der Waals surface area contributed by atoms with Gasteiger partial charge in [-0.2, -0.15) is 0 Å². The number of anilines is 2. The van der Waals surface area contributed by atoms with Crippen LogP contribution in [-0.2, 0) is 13.0 Å². The molecule has 0 fully saturated rings. The second-order valence-corrected chi connectivity index (χ2v) is 7.04. The number of benzene rings is 1. The first-order valence-corrected chi connectivity index (χ1v) is 9.06. The van der Waals surface area contributed by atoms with Crippen LogP contribution in [-0.4, -0.2) is 55.0 Å². The van der Waals surface area contributed by atoms with Crippen LogP contribution < -0.4 is 15.0 Å². The molecule has 9 heteroatoms. The van der Waals surface area contributed by atoms with E-state index < -0.39 is 6.36 Å². The van der Waals surface area contributed by atoms with Crippen molar-refractivity contribution in [2.24, 2.45) is 0 Å². The van der Waals surface area contributed by atoms with Crippen LogP contribution in [0, 0.1) is 6.92 Å². The van der Waals surface area contributed by atoms with Crippen LogP contribution in [0.3, 0.4) is 0 Å². The fourth-order valence-corrected chi connectivity index (χ4v) is 3.13. The molecule has 1 aromatic carbocycles. The molecule has 0 unspecified atom stereocenters. The van der Waals surface area contributed by atoms with Gasteiger partial charge in [-0.3, -0.25) is 0 Å². The minimum absolute atomic E-state index is 0.176. The first-order valence-electron chi connectivity index (χ1n) is 9.06. The van der Waals surface area contributed by atoms with Crippen molar-refractivity contribution in [3.63, 3.8) is 0 Å². The zero-order chi connectivity index (χ0) is 20.3. The summed E-state index contributed by atoms with van der Waals surface area (Å²) in [4.78, 5) is 13.1. The van der Waals surface area contributed by atoms with Crippen LogP contribution in [0.25, 0.3) is 0 Å². The van der Waals surface area contributed by atoms with Gasteiger partial charge in [0.25, 0.3) is 0 Å². The summed E-state index contributed by atoms with van der Waals surface area (Å²) in [6.45, 7) is 4.75. The summed E-state index contributed by atoms with van der Waals surface area (Å²) in [6.07, 6.45) is -4.06. The molecule has 0 saturated carbocycles.